The van der Waals surface area contributed by atoms with Crippen LogP contribution in [0.1, 0.15) is 0 Å². The predicted octanol–water partition coefficient (Wildman–Crippen LogP) is 26.4. The molecule has 0 aliphatic rings. The van der Waals surface area contributed by atoms with Crippen LogP contribution in [0, 0.1) is 0 Å². The summed E-state index contributed by atoms with van der Waals surface area (Å²) < 4.78 is 0. The quantitative estimate of drug-likeness (QED) is 0.113. The van der Waals surface area contributed by atoms with Gasteiger partial charge < -0.3 is 19.6 Å². The van der Waals surface area contributed by atoms with Crippen LogP contribution < -0.4 is 19.6 Å². The van der Waals surface area contributed by atoms with E-state index >= 15 is 0 Å². The van der Waals surface area contributed by atoms with Crippen molar-refractivity contribution < 1.29 is 0 Å². The van der Waals surface area contributed by atoms with Crippen LogP contribution in [0.25, 0.3) is 108 Å². The Kier molecular flexibility index (Phi) is 15.4. The fourth-order valence-corrected chi connectivity index (χ4v) is 14.6. The van der Waals surface area contributed by atoms with Crippen LogP contribution in [-0.2, 0) is 0 Å². The fraction of sp³-hybridized carbons (Fsp3) is 0.0213. The van der Waals surface area contributed by atoms with Crippen molar-refractivity contribution in [1.82, 2.24) is 0 Å². The van der Waals surface area contributed by atoms with Crippen LogP contribution in [-0.4, -0.2) is 14.1 Å². The van der Waals surface area contributed by atoms with Crippen LogP contribution in [0.5, 0.6) is 0 Å². The van der Waals surface area contributed by atoms with Crippen molar-refractivity contribution in [2.24, 2.45) is 0 Å². The molecule has 0 N–H and O–H groups in total. The molecular formula is C94H68N4. The normalized spacial score (nSPS) is 11.4. The van der Waals surface area contributed by atoms with Gasteiger partial charge in [-0.2, -0.15) is 0 Å². The van der Waals surface area contributed by atoms with Crippen molar-refractivity contribution in [2.75, 3.05) is 33.7 Å². The summed E-state index contributed by atoms with van der Waals surface area (Å²) in [5.41, 5.74) is 16.3. The van der Waals surface area contributed by atoms with Gasteiger partial charge in [-0.15, -0.1) is 0 Å². The van der Waals surface area contributed by atoms with Gasteiger partial charge in [-0.1, -0.05) is 273 Å². The van der Waals surface area contributed by atoms with E-state index in [1.807, 2.05) is 0 Å². The first-order chi connectivity index (χ1) is 48.4. The molecular weight excluding hydrogens is 1190 g/mol. The molecule has 0 spiro atoms. The lowest BCUT2D eigenvalue weighted by Crippen LogP contribution is -2.11. The summed E-state index contributed by atoms with van der Waals surface area (Å²) in [6.45, 7) is 0. The highest BCUT2D eigenvalue weighted by Gasteiger charge is 2.21. The fourth-order valence-electron chi connectivity index (χ4n) is 14.6. The topological polar surface area (TPSA) is 13.0 Å². The van der Waals surface area contributed by atoms with Crippen LogP contribution in [0.2, 0.25) is 0 Å². The van der Waals surface area contributed by atoms with E-state index in [1.54, 1.807) is 0 Å². The summed E-state index contributed by atoms with van der Waals surface area (Å²) in [5, 5.41) is 19.9. The SMILES string of the molecule is CN(c1ccc(-c2ccc(N(c3cccc4ccccc34)c3cccc4ccccc34)cc2)cc1)c1c2ccccc2cc2ccccc12.CN(c1ccc(-c2ccc(N(c3cccc4ccccc34)c3cccc4ccccc34)cc2)cc1)c1ccc2cc3ccccc3cc2c1. The van der Waals surface area contributed by atoms with Crippen molar-refractivity contribution in [3.8, 4) is 22.3 Å². The molecule has 0 atom stereocenters. The molecule has 0 aliphatic carbocycles. The molecule has 98 heavy (non-hydrogen) atoms. The standard InChI is InChI=1S/2C47H34N2/c1-48(47-43-20-8-4-14-37(43)32-38-15-5-9-21-44(38)47)39-28-24-33(25-29-39)34-26-30-40(31-27-34)49(45-22-10-16-35-12-2-6-18-41(35)45)46-23-11-17-36-13-3-7-19-42(36)46;1-48(43-29-24-39-30-37-12-2-3-13-38(37)31-40(39)32-43)41-25-20-33(21-26-41)34-22-27-42(28-23-34)49(46-18-8-14-35-10-4-6-16-44(35)46)47-19-9-15-36-11-5-7-17-45(36)47/h2*2-32H,1H3. The molecule has 0 amide bonds. The zero-order valence-corrected chi connectivity index (χ0v) is 54.6. The molecule has 4 nitrogen and oxygen atoms in total. The van der Waals surface area contributed by atoms with E-state index in [0.717, 1.165) is 45.5 Å². The van der Waals surface area contributed by atoms with E-state index in [9.17, 15) is 0 Å². The number of hydrogen-bond acceptors (Lipinski definition) is 4. The average molecular weight is 1250 g/mol. The Balaban J connectivity index is 0.000000147. The molecule has 4 heteroatoms. The lowest BCUT2D eigenvalue weighted by molar-refractivity contribution is 1.21. The molecule has 0 bridgehead atoms. The molecule has 0 aromatic heterocycles. The Morgan fingerprint density at radius 1 is 0.163 bits per heavy atom. The number of benzene rings is 18. The highest BCUT2D eigenvalue weighted by atomic mass is 15.2. The highest BCUT2D eigenvalue weighted by Crippen LogP contribution is 2.46. The van der Waals surface area contributed by atoms with Crippen molar-refractivity contribution in [3.63, 3.8) is 0 Å². The Bertz CT molecular complexity index is 5750. The number of fused-ring (bicyclic) bond motifs is 8. The molecule has 18 aromatic rings. The van der Waals surface area contributed by atoms with E-state index < -0.39 is 0 Å². The first-order valence-corrected chi connectivity index (χ1v) is 33.7. The van der Waals surface area contributed by atoms with Gasteiger partial charge in [0.1, 0.15) is 0 Å². The molecule has 0 heterocycles. The second-order valence-electron chi connectivity index (χ2n) is 25.4. The van der Waals surface area contributed by atoms with E-state index in [1.165, 1.54) is 120 Å². The molecule has 0 saturated heterocycles. The van der Waals surface area contributed by atoms with E-state index in [-0.39, 0.29) is 0 Å². The van der Waals surface area contributed by atoms with Crippen molar-refractivity contribution in [3.05, 3.63) is 376 Å². The minimum Gasteiger partial charge on any atom is -0.345 e. The number of nitrogens with zero attached hydrogens (tertiary/aromatic N) is 4. The van der Waals surface area contributed by atoms with Crippen molar-refractivity contribution in [1.29, 1.82) is 0 Å². The maximum atomic E-state index is 2.40. The van der Waals surface area contributed by atoms with Crippen LogP contribution in [0.3, 0.4) is 0 Å². The zero-order chi connectivity index (χ0) is 65.5. The highest BCUT2D eigenvalue weighted by molar-refractivity contribution is 6.13. The van der Waals surface area contributed by atoms with Gasteiger partial charge in [-0.25, -0.2) is 0 Å². The van der Waals surface area contributed by atoms with E-state index in [4.69, 9.17) is 0 Å². The number of hydrogen-bond donors (Lipinski definition) is 0. The molecule has 18 aromatic carbocycles. The summed E-state index contributed by atoms with van der Waals surface area (Å²) in [6.07, 6.45) is 0. The second-order valence-corrected chi connectivity index (χ2v) is 25.4. The first kappa shape index (κ1) is 59.0. The molecule has 0 aliphatic heterocycles. The van der Waals surface area contributed by atoms with Gasteiger partial charge in [-0.3, -0.25) is 0 Å². The molecule has 0 unspecified atom stereocenters. The van der Waals surface area contributed by atoms with E-state index in [2.05, 4.69) is 410 Å². The zero-order valence-electron chi connectivity index (χ0n) is 54.6. The van der Waals surface area contributed by atoms with Crippen LogP contribution in [0.4, 0.5) is 56.9 Å². The summed E-state index contributed by atoms with van der Waals surface area (Å²) in [7, 11) is 4.31. The molecule has 0 saturated carbocycles. The van der Waals surface area contributed by atoms with Crippen LogP contribution >= 0.6 is 0 Å². The number of rotatable bonds is 12. The maximum Gasteiger partial charge on any atom is 0.0567 e. The van der Waals surface area contributed by atoms with Gasteiger partial charge >= 0.3 is 0 Å². The molecule has 0 radical (unpaired) electrons. The first-order valence-electron chi connectivity index (χ1n) is 33.7. The van der Waals surface area contributed by atoms with Gasteiger partial charge in [0.15, 0.2) is 0 Å². The van der Waals surface area contributed by atoms with Gasteiger partial charge in [0.05, 0.1) is 28.4 Å². The third kappa shape index (κ3) is 11.1. The summed E-state index contributed by atoms with van der Waals surface area (Å²) in [6, 6.07) is 136. The maximum absolute atomic E-state index is 2.40. The Morgan fingerprint density at radius 3 is 0.786 bits per heavy atom. The molecule has 0 fully saturated rings. The largest absolute Gasteiger partial charge is 0.345 e. The summed E-state index contributed by atoms with van der Waals surface area (Å²) in [4.78, 5) is 9.39. The Labute approximate surface area is 571 Å². The molecule has 464 valence electrons. The third-order valence-electron chi connectivity index (χ3n) is 19.6. The lowest BCUT2D eigenvalue weighted by atomic mass is 9.99. The van der Waals surface area contributed by atoms with Gasteiger partial charge in [-0.05, 0) is 179 Å². The average Bonchev–Trinajstić information content (AvgIpc) is 0.777. The minimum atomic E-state index is 1.12. The summed E-state index contributed by atoms with van der Waals surface area (Å²) >= 11 is 0. The van der Waals surface area contributed by atoms with Gasteiger partial charge in [0.2, 0.25) is 0 Å². The Hall–Kier alpha value is -12.8. The Morgan fingerprint density at radius 2 is 0.418 bits per heavy atom. The number of anilines is 10. The third-order valence-corrected chi connectivity index (χ3v) is 19.6. The van der Waals surface area contributed by atoms with Gasteiger partial charge in [0, 0.05) is 74.8 Å². The molecule has 18 rings (SSSR count). The van der Waals surface area contributed by atoms with E-state index in [0.29, 0.717) is 0 Å². The van der Waals surface area contributed by atoms with Crippen molar-refractivity contribution in [2.45, 2.75) is 0 Å². The monoisotopic (exact) mass is 1250 g/mol. The smallest absolute Gasteiger partial charge is 0.0567 e. The predicted molar refractivity (Wildman–Crippen MR) is 422 cm³/mol. The van der Waals surface area contributed by atoms with Crippen LogP contribution in [0.15, 0.2) is 376 Å². The minimum absolute atomic E-state index is 1.12. The summed E-state index contributed by atoms with van der Waals surface area (Å²) in [5.74, 6) is 0. The van der Waals surface area contributed by atoms with Crippen molar-refractivity contribution >= 4 is 143 Å². The lowest BCUT2D eigenvalue weighted by Gasteiger charge is -2.28. The van der Waals surface area contributed by atoms with Gasteiger partial charge in [0.25, 0.3) is 0 Å². The second kappa shape index (κ2) is 25.5.